The summed E-state index contributed by atoms with van der Waals surface area (Å²) < 4.78 is 26.7. The van der Waals surface area contributed by atoms with Crippen molar-refractivity contribution >= 4 is 21.5 Å². The predicted molar refractivity (Wildman–Crippen MR) is 89.6 cm³/mol. The summed E-state index contributed by atoms with van der Waals surface area (Å²) in [7, 11) is -3.81. The smallest absolute Gasteiger partial charge is 0.264 e. The third kappa shape index (κ3) is 3.13. The van der Waals surface area contributed by atoms with Crippen LogP contribution in [0.25, 0.3) is 0 Å². The lowest BCUT2D eigenvalue weighted by Crippen LogP contribution is -2.24. The zero-order valence-corrected chi connectivity index (χ0v) is 13.7. The van der Waals surface area contributed by atoms with Gasteiger partial charge in [0.25, 0.3) is 15.7 Å². The number of rotatable bonds is 4. The van der Waals surface area contributed by atoms with E-state index >= 15 is 0 Å². The summed E-state index contributed by atoms with van der Waals surface area (Å²) in [6.07, 6.45) is 0.661. The Balaban J connectivity index is 1.93. The largest absolute Gasteiger partial charge is 0.270 e. The summed E-state index contributed by atoms with van der Waals surface area (Å²) in [6, 6.07) is 13.4. The molecule has 0 saturated heterocycles. The normalized spacial score (nSPS) is 18.0. The van der Waals surface area contributed by atoms with Crippen molar-refractivity contribution in [1.82, 2.24) is 4.72 Å². The Hall–Kier alpha value is -2.74. The van der Waals surface area contributed by atoms with Gasteiger partial charge in [0.2, 0.25) is 0 Å². The van der Waals surface area contributed by atoms with Gasteiger partial charge in [-0.1, -0.05) is 30.3 Å². The second-order valence-electron chi connectivity index (χ2n) is 5.56. The number of benzene rings is 2. The molecule has 0 spiro atoms. The zero-order chi connectivity index (χ0) is 17.3. The van der Waals surface area contributed by atoms with Crippen molar-refractivity contribution in [3.05, 3.63) is 69.8 Å². The molecule has 0 amide bonds. The summed E-state index contributed by atoms with van der Waals surface area (Å²) in [5.74, 6) is 0.225. The number of hydrogen-bond donors (Lipinski definition) is 1. The molecular formula is C16H15N3O4S. The highest BCUT2D eigenvalue weighted by atomic mass is 32.2. The van der Waals surface area contributed by atoms with Crippen molar-refractivity contribution in [2.75, 3.05) is 0 Å². The number of non-ortho nitro benzene ring substituents is 1. The van der Waals surface area contributed by atoms with E-state index in [9.17, 15) is 18.5 Å². The van der Waals surface area contributed by atoms with Crippen LogP contribution in [-0.4, -0.2) is 25.2 Å². The van der Waals surface area contributed by atoms with E-state index in [0.717, 1.165) is 11.6 Å². The molecule has 24 heavy (non-hydrogen) atoms. The first-order valence-electron chi connectivity index (χ1n) is 7.30. The van der Waals surface area contributed by atoms with Gasteiger partial charge in [-0.2, -0.15) is 0 Å². The van der Waals surface area contributed by atoms with Crippen LogP contribution in [-0.2, 0) is 16.4 Å². The molecular weight excluding hydrogens is 330 g/mol. The molecule has 1 aliphatic rings. The van der Waals surface area contributed by atoms with Crippen molar-refractivity contribution in [2.45, 2.75) is 24.3 Å². The molecule has 0 bridgehead atoms. The van der Waals surface area contributed by atoms with Gasteiger partial charge in [0.1, 0.15) is 10.7 Å². The average molecular weight is 345 g/mol. The van der Waals surface area contributed by atoms with Gasteiger partial charge in [0.15, 0.2) is 0 Å². The minimum atomic E-state index is -3.81. The van der Waals surface area contributed by atoms with Crippen molar-refractivity contribution in [3.8, 4) is 0 Å². The highest BCUT2D eigenvalue weighted by Gasteiger charge is 2.32. The van der Waals surface area contributed by atoms with E-state index in [0.29, 0.717) is 12.0 Å². The molecule has 0 radical (unpaired) electrons. The van der Waals surface area contributed by atoms with E-state index in [1.807, 2.05) is 37.3 Å². The Kier molecular flexibility index (Phi) is 4.06. The third-order valence-corrected chi connectivity index (χ3v) is 5.05. The number of sulfonamides is 1. The molecule has 2 aromatic carbocycles. The van der Waals surface area contributed by atoms with Crippen molar-refractivity contribution < 1.29 is 13.3 Å². The quantitative estimate of drug-likeness (QED) is 0.678. The molecule has 2 aromatic rings. The number of nitrogens with zero attached hydrogens (tertiary/aromatic N) is 2. The highest BCUT2D eigenvalue weighted by Crippen LogP contribution is 2.27. The first-order valence-corrected chi connectivity index (χ1v) is 8.78. The monoisotopic (exact) mass is 345 g/mol. The maximum Gasteiger partial charge on any atom is 0.270 e. The Morgan fingerprint density at radius 1 is 1.21 bits per heavy atom. The third-order valence-electron chi connectivity index (χ3n) is 3.68. The number of nitro groups is 1. The molecule has 124 valence electrons. The molecule has 1 N–H and O–H groups in total. The van der Waals surface area contributed by atoms with Gasteiger partial charge in [-0.15, -0.1) is 0 Å². The summed E-state index contributed by atoms with van der Waals surface area (Å²) >= 11 is 0. The van der Waals surface area contributed by atoms with E-state index in [2.05, 4.69) is 9.71 Å². The Morgan fingerprint density at radius 2 is 1.92 bits per heavy atom. The summed E-state index contributed by atoms with van der Waals surface area (Å²) in [6.45, 7) is 1.89. The molecule has 0 aliphatic carbocycles. The Bertz CT molecular complexity index is 924. The fraction of sp³-hybridized carbons (Fsp3) is 0.188. The molecule has 1 unspecified atom stereocenters. The molecule has 3 rings (SSSR count). The van der Waals surface area contributed by atoms with Crippen LogP contribution >= 0.6 is 0 Å². The first-order chi connectivity index (χ1) is 11.4. The number of nitrogens with one attached hydrogen (secondary N) is 1. The summed E-state index contributed by atoms with van der Waals surface area (Å²) in [4.78, 5) is 14.5. The molecule has 7 nitrogen and oxygen atoms in total. The van der Waals surface area contributed by atoms with Crippen LogP contribution in [0, 0.1) is 10.1 Å². The van der Waals surface area contributed by atoms with Gasteiger partial charge in [-0.05, 0) is 25.0 Å². The molecule has 1 aliphatic heterocycles. The minimum absolute atomic E-state index is 0.109. The Labute approximate surface area is 139 Å². The summed E-state index contributed by atoms with van der Waals surface area (Å²) in [5.41, 5.74) is 1.19. The van der Waals surface area contributed by atoms with Crippen LogP contribution in [0.4, 0.5) is 5.69 Å². The lowest BCUT2D eigenvalue weighted by molar-refractivity contribution is -0.385. The van der Waals surface area contributed by atoms with Crippen LogP contribution in [0.15, 0.2) is 58.4 Å². The first kappa shape index (κ1) is 16.1. The SMILES string of the molecule is CC(Cc1ccccc1)N=C1NS(=O)(=O)c2cc([N+](=O)[O-])ccc21. The minimum Gasteiger partial charge on any atom is -0.264 e. The maximum atomic E-state index is 12.2. The number of hydrogen-bond acceptors (Lipinski definition) is 5. The number of amidine groups is 1. The van der Waals surface area contributed by atoms with Crippen LogP contribution < -0.4 is 4.72 Å². The van der Waals surface area contributed by atoms with Gasteiger partial charge in [0.05, 0.1) is 11.0 Å². The summed E-state index contributed by atoms with van der Waals surface area (Å²) in [5, 5.41) is 10.8. The molecule has 1 heterocycles. The number of aliphatic imine (C=N–C) groups is 1. The second kappa shape index (κ2) is 6.04. The fourth-order valence-corrected chi connectivity index (χ4v) is 3.85. The lowest BCUT2D eigenvalue weighted by atomic mass is 10.1. The van der Waals surface area contributed by atoms with Crippen LogP contribution in [0.2, 0.25) is 0 Å². The molecule has 1 atom stereocenters. The van der Waals surface area contributed by atoms with Gasteiger partial charge >= 0.3 is 0 Å². The molecule has 0 fully saturated rings. The molecule has 0 aromatic heterocycles. The van der Waals surface area contributed by atoms with Crippen LogP contribution in [0.1, 0.15) is 18.1 Å². The number of nitro benzene ring substituents is 1. The fourth-order valence-electron chi connectivity index (χ4n) is 2.60. The maximum absolute atomic E-state index is 12.2. The lowest BCUT2D eigenvalue weighted by Gasteiger charge is -2.08. The topological polar surface area (TPSA) is 102 Å². The second-order valence-corrected chi connectivity index (χ2v) is 7.21. The van der Waals surface area contributed by atoms with Gasteiger partial charge in [-0.3, -0.25) is 19.8 Å². The van der Waals surface area contributed by atoms with E-state index in [1.54, 1.807) is 0 Å². The van der Waals surface area contributed by atoms with Gasteiger partial charge < -0.3 is 0 Å². The van der Waals surface area contributed by atoms with Gasteiger partial charge in [0, 0.05) is 17.7 Å². The van der Waals surface area contributed by atoms with Crippen molar-refractivity contribution in [2.24, 2.45) is 4.99 Å². The van der Waals surface area contributed by atoms with Crippen LogP contribution in [0.3, 0.4) is 0 Å². The predicted octanol–water partition coefficient (Wildman–Crippen LogP) is 2.26. The molecule has 0 saturated carbocycles. The van der Waals surface area contributed by atoms with E-state index in [1.165, 1.54) is 12.1 Å². The standard InChI is InChI=1S/C16H15N3O4S/c1-11(9-12-5-3-2-4-6-12)17-16-14-8-7-13(19(20)21)10-15(14)24(22,23)18-16/h2-8,10-11H,9H2,1H3,(H,17,18). The highest BCUT2D eigenvalue weighted by molar-refractivity contribution is 7.90. The van der Waals surface area contributed by atoms with Crippen LogP contribution in [0.5, 0.6) is 0 Å². The number of fused-ring (bicyclic) bond motifs is 1. The average Bonchev–Trinajstić information content (AvgIpc) is 2.78. The van der Waals surface area contributed by atoms with Crippen molar-refractivity contribution in [1.29, 1.82) is 0 Å². The van der Waals surface area contributed by atoms with E-state index in [-0.39, 0.29) is 22.5 Å². The molecule has 8 heteroatoms. The zero-order valence-electron chi connectivity index (χ0n) is 12.8. The van der Waals surface area contributed by atoms with Gasteiger partial charge in [-0.25, -0.2) is 8.42 Å². The van der Waals surface area contributed by atoms with Crippen molar-refractivity contribution in [3.63, 3.8) is 0 Å². The Morgan fingerprint density at radius 3 is 2.58 bits per heavy atom. The van der Waals surface area contributed by atoms with E-state index in [4.69, 9.17) is 0 Å². The van der Waals surface area contributed by atoms with E-state index < -0.39 is 14.9 Å².